The van der Waals surface area contributed by atoms with Crippen LogP contribution in [0, 0.1) is 5.92 Å². The molecule has 1 fully saturated rings. The maximum absolute atomic E-state index is 12.3. The number of carbonyl (C=O) groups excluding carboxylic acids is 1. The highest BCUT2D eigenvalue weighted by Crippen LogP contribution is 2.11. The first-order chi connectivity index (χ1) is 10.0. The Kier molecular flexibility index (Phi) is 8.93. The van der Waals surface area contributed by atoms with Crippen molar-refractivity contribution in [1.29, 1.82) is 0 Å². The van der Waals surface area contributed by atoms with E-state index in [2.05, 4.69) is 43.2 Å². The summed E-state index contributed by atoms with van der Waals surface area (Å²) < 4.78 is 0. The molecule has 2 N–H and O–H groups in total. The number of carbonyl (C=O) groups is 1. The SMILES string of the molecule is CCCCN(CC1CCCN1)C(C)C(=O)NCCC(C)C. The third-order valence-corrected chi connectivity index (χ3v) is 4.36. The molecule has 0 saturated carbocycles. The fourth-order valence-corrected chi connectivity index (χ4v) is 2.80. The van der Waals surface area contributed by atoms with E-state index in [1.54, 1.807) is 0 Å². The Bertz CT molecular complexity index is 288. The van der Waals surface area contributed by atoms with Crippen LogP contribution in [0.4, 0.5) is 0 Å². The van der Waals surface area contributed by atoms with Gasteiger partial charge < -0.3 is 10.6 Å². The van der Waals surface area contributed by atoms with Gasteiger partial charge in [-0.15, -0.1) is 0 Å². The third kappa shape index (κ3) is 7.28. The monoisotopic (exact) mass is 297 g/mol. The van der Waals surface area contributed by atoms with Crippen LogP contribution < -0.4 is 10.6 Å². The molecule has 124 valence electrons. The van der Waals surface area contributed by atoms with Crippen molar-refractivity contribution < 1.29 is 4.79 Å². The summed E-state index contributed by atoms with van der Waals surface area (Å²) in [5, 5.41) is 6.64. The van der Waals surface area contributed by atoms with Gasteiger partial charge in [-0.25, -0.2) is 0 Å². The highest BCUT2D eigenvalue weighted by molar-refractivity contribution is 5.81. The highest BCUT2D eigenvalue weighted by atomic mass is 16.2. The van der Waals surface area contributed by atoms with Gasteiger partial charge in [-0.3, -0.25) is 9.69 Å². The summed E-state index contributed by atoms with van der Waals surface area (Å²) in [5.74, 6) is 0.823. The molecule has 21 heavy (non-hydrogen) atoms. The molecule has 0 spiro atoms. The van der Waals surface area contributed by atoms with Crippen molar-refractivity contribution in [2.45, 2.75) is 71.9 Å². The highest BCUT2D eigenvalue weighted by Gasteiger charge is 2.24. The van der Waals surface area contributed by atoms with Crippen molar-refractivity contribution in [2.24, 2.45) is 5.92 Å². The predicted octanol–water partition coefficient (Wildman–Crippen LogP) is 2.39. The largest absolute Gasteiger partial charge is 0.355 e. The molecule has 1 amide bonds. The maximum Gasteiger partial charge on any atom is 0.237 e. The van der Waals surface area contributed by atoms with Gasteiger partial charge in [-0.1, -0.05) is 27.2 Å². The molecular formula is C17H35N3O. The van der Waals surface area contributed by atoms with Gasteiger partial charge in [0.25, 0.3) is 0 Å². The van der Waals surface area contributed by atoms with Crippen LogP contribution in [0.1, 0.15) is 59.8 Å². The Morgan fingerprint density at radius 2 is 2.14 bits per heavy atom. The zero-order chi connectivity index (χ0) is 15.7. The van der Waals surface area contributed by atoms with Gasteiger partial charge in [-0.2, -0.15) is 0 Å². The van der Waals surface area contributed by atoms with E-state index in [-0.39, 0.29) is 11.9 Å². The molecular weight excluding hydrogens is 262 g/mol. The normalized spacial score (nSPS) is 20.2. The minimum atomic E-state index is -0.0221. The molecule has 1 heterocycles. The van der Waals surface area contributed by atoms with Crippen molar-refractivity contribution in [3.05, 3.63) is 0 Å². The molecule has 0 aliphatic carbocycles. The summed E-state index contributed by atoms with van der Waals surface area (Å²) in [5.41, 5.74) is 0. The number of nitrogens with one attached hydrogen (secondary N) is 2. The Hall–Kier alpha value is -0.610. The van der Waals surface area contributed by atoms with E-state index in [1.165, 1.54) is 19.3 Å². The average molecular weight is 297 g/mol. The van der Waals surface area contributed by atoms with E-state index in [9.17, 15) is 4.79 Å². The molecule has 2 unspecified atom stereocenters. The molecule has 0 radical (unpaired) electrons. The standard InChI is InChI=1S/C17H35N3O/c1-5-6-12-20(13-16-8-7-10-18-16)15(4)17(21)19-11-9-14(2)3/h14-16,18H,5-13H2,1-4H3,(H,19,21). The second-order valence-corrected chi connectivity index (χ2v) is 6.79. The molecule has 1 rings (SSSR count). The lowest BCUT2D eigenvalue weighted by atomic mass is 10.1. The van der Waals surface area contributed by atoms with Crippen LogP contribution in [0.2, 0.25) is 0 Å². The molecule has 0 aromatic heterocycles. The molecule has 4 heteroatoms. The Balaban J connectivity index is 2.43. The number of unbranched alkanes of at least 4 members (excludes halogenated alkanes) is 1. The van der Waals surface area contributed by atoms with E-state index in [0.717, 1.165) is 39.0 Å². The molecule has 4 nitrogen and oxygen atoms in total. The van der Waals surface area contributed by atoms with E-state index >= 15 is 0 Å². The van der Waals surface area contributed by atoms with Crippen molar-refractivity contribution >= 4 is 5.91 Å². The summed E-state index contributed by atoms with van der Waals surface area (Å²) >= 11 is 0. The Morgan fingerprint density at radius 3 is 2.71 bits per heavy atom. The number of rotatable bonds is 10. The smallest absolute Gasteiger partial charge is 0.237 e. The number of nitrogens with zero attached hydrogens (tertiary/aromatic N) is 1. The van der Waals surface area contributed by atoms with Crippen molar-refractivity contribution in [3.63, 3.8) is 0 Å². The topological polar surface area (TPSA) is 44.4 Å². The minimum absolute atomic E-state index is 0.0221. The van der Waals surface area contributed by atoms with Crippen LogP contribution >= 0.6 is 0 Å². The minimum Gasteiger partial charge on any atom is -0.355 e. The van der Waals surface area contributed by atoms with Crippen LogP contribution in [-0.2, 0) is 4.79 Å². The molecule has 2 atom stereocenters. The van der Waals surface area contributed by atoms with Crippen molar-refractivity contribution in [2.75, 3.05) is 26.2 Å². The first-order valence-corrected chi connectivity index (χ1v) is 8.79. The van der Waals surface area contributed by atoms with E-state index < -0.39 is 0 Å². The third-order valence-electron chi connectivity index (χ3n) is 4.36. The number of amides is 1. The lowest BCUT2D eigenvalue weighted by molar-refractivity contribution is -0.126. The summed E-state index contributed by atoms with van der Waals surface area (Å²) in [7, 11) is 0. The zero-order valence-electron chi connectivity index (χ0n) is 14.5. The Morgan fingerprint density at radius 1 is 1.38 bits per heavy atom. The Labute approximate surface area is 131 Å². The van der Waals surface area contributed by atoms with Gasteiger partial charge in [0.05, 0.1) is 6.04 Å². The lowest BCUT2D eigenvalue weighted by Crippen LogP contribution is -2.49. The first kappa shape index (κ1) is 18.4. The van der Waals surface area contributed by atoms with E-state index in [1.807, 2.05) is 0 Å². The van der Waals surface area contributed by atoms with E-state index in [0.29, 0.717) is 12.0 Å². The number of hydrogen-bond acceptors (Lipinski definition) is 3. The summed E-state index contributed by atoms with van der Waals surface area (Å²) in [4.78, 5) is 14.7. The molecule has 0 aromatic carbocycles. The molecule has 1 saturated heterocycles. The fourth-order valence-electron chi connectivity index (χ4n) is 2.80. The van der Waals surface area contributed by atoms with Gasteiger partial charge in [0, 0.05) is 19.1 Å². The quantitative estimate of drug-likeness (QED) is 0.651. The summed E-state index contributed by atoms with van der Waals surface area (Å²) in [6, 6.07) is 0.541. The van der Waals surface area contributed by atoms with Crippen LogP contribution in [0.15, 0.2) is 0 Å². The van der Waals surface area contributed by atoms with Gasteiger partial charge in [0.1, 0.15) is 0 Å². The molecule has 0 bridgehead atoms. The van der Waals surface area contributed by atoms with Gasteiger partial charge in [-0.05, 0) is 51.6 Å². The van der Waals surface area contributed by atoms with Crippen molar-refractivity contribution in [3.8, 4) is 0 Å². The number of hydrogen-bond donors (Lipinski definition) is 2. The second-order valence-electron chi connectivity index (χ2n) is 6.79. The van der Waals surface area contributed by atoms with Crippen LogP contribution in [0.3, 0.4) is 0 Å². The molecule has 0 aromatic rings. The second kappa shape index (κ2) is 10.2. The van der Waals surface area contributed by atoms with Gasteiger partial charge >= 0.3 is 0 Å². The van der Waals surface area contributed by atoms with E-state index in [4.69, 9.17) is 0 Å². The summed E-state index contributed by atoms with van der Waals surface area (Å²) in [6.07, 6.45) is 5.90. The van der Waals surface area contributed by atoms with Gasteiger partial charge in [0.2, 0.25) is 5.91 Å². The predicted molar refractivity (Wildman–Crippen MR) is 89.4 cm³/mol. The first-order valence-electron chi connectivity index (χ1n) is 8.79. The van der Waals surface area contributed by atoms with Gasteiger partial charge in [0.15, 0.2) is 0 Å². The lowest BCUT2D eigenvalue weighted by Gasteiger charge is -2.30. The van der Waals surface area contributed by atoms with Crippen LogP contribution in [0.5, 0.6) is 0 Å². The molecule has 1 aliphatic rings. The maximum atomic E-state index is 12.3. The van der Waals surface area contributed by atoms with Crippen molar-refractivity contribution in [1.82, 2.24) is 15.5 Å². The summed E-state index contributed by atoms with van der Waals surface area (Å²) in [6.45, 7) is 12.6. The average Bonchev–Trinajstić information content (AvgIpc) is 2.95. The molecule has 1 aliphatic heterocycles. The van der Waals surface area contributed by atoms with Crippen LogP contribution in [-0.4, -0.2) is 49.1 Å². The van der Waals surface area contributed by atoms with Crippen LogP contribution in [0.25, 0.3) is 0 Å². The fraction of sp³-hybridized carbons (Fsp3) is 0.941. The zero-order valence-corrected chi connectivity index (χ0v) is 14.5.